The Morgan fingerprint density at radius 1 is 1.35 bits per heavy atom. The molecule has 3 rings (SSSR count). The van der Waals surface area contributed by atoms with Gasteiger partial charge in [-0.3, -0.25) is 4.90 Å². The number of rotatable bonds is 6. The molecule has 0 bridgehead atoms. The van der Waals surface area contributed by atoms with Gasteiger partial charge in [0.15, 0.2) is 0 Å². The maximum absolute atomic E-state index is 14.3. The molecule has 1 N–H and O–H groups in total. The van der Waals surface area contributed by atoms with Gasteiger partial charge >= 0.3 is 0 Å². The SMILES string of the molecule is COc1ccc(CN2CCN(c3ncccc3Cl)C[C@H]2CCO)c(F)c1. The first-order valence-corrected chi connectivity index (χ1v) is 9.03. The Balaban J connectivity index is 1.74. The number of halogens is 2. The number of piperazine rings is 1. The first kappa shape index (κ1) is 18.9. The van der Waals surface area contributed by atoms with Crippen molar-refractivity contribution in [3.8, 4) is 5.75 Å². The van der Waals surface area contributed by atoms with Gasteiger partial charge in [0.1, 0.15) is 17.4 Å². The van der Waals surface area contributed by atoms with E-state index in [1.54, 1.807) is 24.4 Å². The molecule has 2 aromatic rings. The van der Waals surface area contributed by atoms with E-state index in [4.69, 9.17) is 16.3 Å². The summed E-state index contributed by atoms with van der Waals surface area (Å²) in [6.45, 7) is 2.74. The summed E-state index contributed by atoms with van der Waals surface area (Å²) in [6, 6.07) is 8.65. The normalized spacial score (nSPS) is 18.2. The van der Waals surface area contributed by atoms with Gasteiger partial charge in [-0.1, -0.05) is 17.7 Å². The summed E-state index contributed by atoms with van der Waals surface area (Å²) in [5.74, 6) is 0.988. The number of benzene rings is 1. The maximum Gasteiger partial charge on any atom is 0.147 e. The number of ether oxygens (including phenoxy) is 1. The predicted molar refractivity (Wildman–Crippen MR) is 100 cm³/mol. The fourth-order valence-electron chi connectivity index (χ4n) is 3.33. The fraction of sp³-hybridized carbons (Fsp3) is 0.421. The monoisotopic (exact) mass is 379 g/mol. The summed E-state index contributed by atoms with van der Waals surface area (Å²) in [4.78, 5) is 8.71. The van der Waals surface area contributed by atoms with E-state index in [1.807, 2.05) is 6.07 Å². The van der Waals surface area contributed by atoms with Crippen LogP contribution in [0.5, 0.6) is 5.75 Å². The molecular weight excluding hydrogens is 357 g/mol. The number of hydrogen-bond acceptors (Lipinski definition) is 5. The minimum atomic E-state index is -0.276. The number of aliphatic hydroxyl groups excluding tert-OH is 1. The van der Waals surface area contributed by atoms with E-state index in [0.29, 0.717) is 35.8 Å². The first-order chi connectivity index (χ1) is 12.6. The average molecular weight is 380 g/mol. The second-order valence-electron chi connectivity index (χ2n) is 6.35. The highest BCUT2D eigenvalue weighted by Crippen LogP contribution is 2.27. The highest BCUT2D eigenvalue weighted by molar-refractivity contribution is 6.32. The summed E-state index contributed by atoms with van der Waals surface area (Å²) in [7, 11) is 1.52. The molecule has 7 heteroatoms. The zero-order chi connectivity index (χ0) is 18.5. The molecule has 1 aromatic carbocycles. The average Bonchev–Trinajstić information content (AvgIpc) is 2.65. The van der Waals surface area contributed by atoms with Crippen LogP contribution >= 0.6 is 11.6 Å². The van der Waals surface area contributed by atoms with E-state index in [-0.39, 0.29) is 18.5 Å². The maximum atomic E-state index is 14.3. The number of hydrogen-bond donors (Lipinski definition) is 1. The highest BCUT2D eigenvalue weighted by atomic mass is 35.5. The number of aliphatic hydroxyl groups is 1. The molecule has 1 aliphatic heterocycles. The van der Waals surface area contributed by atoms with Crippen molar-refractivity contribution in [3.05, 3.63) is 52.9 Å². The van der Waals surface area contributed by atoms with Crippen LogP contribution in [0.15, 0.2) is 36.5 Å². The lowest BCUT2D eigenvalue weighted by atomic mass is 10.1. The Kier molecular flexibility index (Phi) is 6.29. The van der Waals surface area contributed by atoms with Crippen molar-refractivity contribution in [2.24, 2.45) is 0 Å². The number of pyridine rings is 1. The van der Waals surface area contributed by atoms with Gasteiger partial charge < -0.3 is 14.7 Å². The topological polar surface area (TPSA) is 48.8 Å². The standard InChI is InChI=1S/C19H23ClFN3O2/c1-26-16-5-4-14(18(21)11-16)12-23-8-9-24(13-15(23)6-10-25)19-17(20)3-2-7-22-19/h2-5,7,11,15,25H,6,8-10,12-13H2,1H3/t15-/m1/s1. The van der Waals surface area contributed by atoms with Gasteiger partial charge in [0, 0.05) is 56.7 Å². The quantitative estimate of drug-likeness (QED) is 0.836. The number of anilines is 1. The van der Waals surface area contributed by atoms with Gasteiger partial charge in [-0.2, -0.15) is 0 Å². The molecule has 0 aliphatic carbocycles. The molecular formula is C19H23ClFN3O2. The van der Waals surface area contributed by atoms with E-state index in [1.165, 1.54) is 13.2 Å². The van der Waals surface area contributed by atoms with Crippen LogP contribution < -0.4 is 9.64 Å². The molecule has 0 unspecified atom stereocenters. The molecule has 0 radical (unpaired) electrons. The third-order valence-electron chi connectivity index (χ3n) is 4.74. The smallest absolute Gasteiger partial charge is 0.147 e. The van der Waals surface area contributed by atoms with Crippen molar-refractivity contribution < 1.29 is 14.2 Å². The van der Waals surface area contributed by atoms with Gasteiger partial charge in [-0.15, -0.1) is 0 Å². The Morgan fingerprint density at radius 2 is 2.19 bits per heavy atom. The van der Waals surface area contributed by atoms with Gasteiger partial charge in [0.25, 0.3) is 0 Å². The summed E-state index contributed by atoms with van der Waals surface area (Å²) >= 11 is 6.27. The third-order valence-corrected chi connectivity index (χ3v) is 5.03. The molecule has 5 nitrogen and oxygen atoms in total. The van der Waals surface area contributed by atoms with Crippen molar-refractivity contribution in [3.63, 3.8) is 0 Å². The van der Waals surface area contributed by atoms with E-state index >= 15 is 0 Å². The lowest BCUT2D eigenvalue weighted by molar-refractivity contribution is 0.134. The van der Waals surface area contributed by atoms with Gasteiger partial charge in [0.2, 0.25) is 0 Å². The Morgan fingerprint density at radius 3 is 2.88 bits per heavy atom. The highest BCUT2D eigenvalue weighted by Gasteiger charge is 2.28. The fourth-order valence-corrected chi connectivity index (χ4v) is 3.57. The molecule has 0 spiro atoms. The summed E-state index contributed by atoms with van der Waals surface area (Å²) in [5, 5.41) is 10.1. The minimum Gasteiger partial charge on any atom is -0.497 e. The van der Waals surface area contributed by atoms with Crippen molar-refractivity contribution in [2.75, 3.05) is 38.3 Å². The molecule has 140 valence electrons. The van der Waals surface area contributed by atoms with Crippen molar-refractivity contribution in [1.82, 2.24) is 9.88 Å². The number of aromatic nitrogens is 1. The molecule has 2 heterocycles. The van der Waals surface area contributed by atoms with Crippen molar-refractivity contribution >= 4 is 17.4 Å². The second kappa shape index (κ2) is 8.66. The third kappa shape index (κ3) is 4.26. The molecule has 0 amide bonds. The summed E-state index contributed by atoms with van der Waals surface area (Å²) < 4.78 is 19.4. The second-order valence-corrected chi connectivity index (χ2v) is 6.76. The molecule has 1 saturated heterocycles. The first-order valence-electron chi connectivity index (χ1n) is 8.65. The van der Waals surface area contributed by atoms with E-state index in [2.05, 4.69) is 14.8 Å². The molecule has 1 fully saturated rings. The van der Waals surface area contributed by atoms with Crippen LogP contribution in [-0.4, -0.2) is 54.4 Å². The molecule has 0 saturated carbocycles. The lowest BCUT2D eigenvalue weighted by Gasteiger charge is -2.42. The molecule has 1 atom stereocenters. The zero-order valence-electron chi connectivity index (χ0n) is 14.7. The van der Waals surface area contributed by atoms with E-state index in [0.717, 1.165) is 18.9 Å². The van der Waals surface area contributed by atoms with Gasteiger partial charge in [0.05, 0.1) is 12.1 Å². The molecule has 26 heavy (non-hydrogen) atoms. The van der Waals surface area contributed by atoms with Crippen LogP contribution in [0.4, 0.5) is 10.2 Å². The summed E-state index contributed by atoms with van der Waals surface area (Å²) in [5.41, 5.74) is 0.623. The molecule has 1 aliphatic rings. The van der Waals surface area contributed by atoms with Crippen LogP contribution in [0.1, 0.15) is 12.0 Å². The molecule has 1 aromatic heterocycles. The van der Waals surface area contributed by atoms with Gasteiger partial charge in [-0.25, -0.2) is 9.37 Å². The Bertz CT molecular complexity index is 746. The van der Waals surface area contributed by atoms with Crippen LogP contribution in [0.3, 0.4) is 0 Å². The minimum absolute atomic E-state index is 0.0794. The van der Waals surface area contributed by atoms with Gasteiger partial charge in [-0.05, 0) is 24.6 Å². The van der Waals surface area contributed by atoms with Crippen LogP contribution in [0.25, 0.3) is 0 Å². The van der Waals surface area contributed by atoms with E-state index < -0.39 is 0 Å². The largest absolute Gasteiger partial charge is 0.497 e. The predicted octanol–water partition coefficient (Wildman–Crippen LogP) is 2.96. The van der Waals surface area contributed by atoms with Crippen LogP contribution in [-0.2, 0) is 6.54 Å². The lowest BCUT2D eigenvalue weighted by Crippen LogP contribution is -2.53. The van der Waals surface area contributed by atoms with Crippen LogP contribution in [0, 0.1) is 5.82 Å². The van der Waals surface area contributed by atoms with Crippen LogP contribution in [0.2, 0.25) is 5.02 Å². The van der Waals surface area contributed by atoms with Crippen molar-refractivity contribution in [2.45, 2.75) is 19.0 Å². The Hall–Kier alpha value is -1.89. The summed E-state index contributed by atoms with van der Waals surface area (Å²) in [6.07, 6.45) is 2.33. The number of nitrogens with zero attached hydrogens (tertiary/aromatic N) is 3. The van der Waals surface area contributed by atoms with Crippen molar-refractivity contribution in [1.29, 1.82) is 0 Å². The number of methoxy groups -OCH3 is 1. The Labute approximate surface area is 158 Å². The zero-order valence-corrected chi connectivity index (χ0v) is 15.5. The van der Waals surface area contributed by atoms with E-state index in [9.17, 15) is 9.50 Å².